The summed E-state index contributed by atoms with van der Waals surface area (Å²) in [5, 5.41) is 0.556. The average molecular weight is 260 g/mol. The molecule has 0 aliphatic carbocycles. The molecular formula is C8H13BrF3N. The molecule has 0 atom stereocenters. The Morgan fingerprint density at radius 1 is 1.38 bits per heavy atom. The van der Waals surface area contributed by atoms with Crippen LogP contribution in [0.25, 0.3) is 0 Å². The summed E-state index contributed by atoms with van der Waals surface area (Å²) in [5.74, 6) is 0. The molecule has 0 aromatic rings. The molecule has 0 unspecified atom stereocenters. The van der Waals surface area contributed by atoms with Crippen LogP contribution in [0.4, 0.5) is 13.2 Å². The van der Waals surface area contributed by atoms with Gasteiger partial charge in [0.1, 0.15) is 0 Å². The molecule has 0 rings (SSSR count). The Balaban J connectivity index is 3.93. The van der Waals surface area contributed by atoms with Crippen molar-refractivity contribution in [3.8, 4) is 0 Å². The van der Waals surface area contributed by atoms with Crippen LogP contribution in [0.2, 0.25) is 0 Å². The van der Waals surface area contributed by atoms with Gasteiger partial charge in [0.2, 0.25) is 0 Å². The second-order valence-corrected chi connectivity index (χ2v) is 3.40. The lowest BCUT2D eigenvalue weighted by molar-refractivity contribution is -0.144. The maximum absolute atomic E-state index is 12.0. The van der Waals surface area contributed by atoms with Crippen LogP contribution < -0.4 is 0 Å². The number of nitrogens with zero attached hydrogens (tertiary/aromatic N) is 1. The molecule has 0 aliphatic rings. The quantitative estimate of drug-likeness (QED) is 0.542. The predicted octanol–water partition coefficient (Wildman–Crippen LogP) is 2.82. The third-order valence-electron chi connectivity index (χ3n) is 1.40. The second kappa shape index (κ2) is 6.43. The van der Waals surface area contributed by atoms with Crippen molar-refractivity contribution in [1.29, 1.82) is 0 Å². The Kier molecular flexibility index (Phi) is 6.41. The van der Waals surface area contributed by atoms with Gasteiger partial charge in [-0.2, -0.15) is 13.2 Å². The van der Waals surface area contributed by atoms with Gasteiger partial charge in [-0.05, 0) is 6.92 Å². The highest BCUT2D eigenvalue weighted by molar-refractivity contribution is 9.09. The number of hydrogen-bond donors (Lipinski definition) is 0. The topological polar surface area (TPSA) is 3.24 Å². The highest BCUT2D eigenvalue weighted by Crippen LogP contribution is 2.16. The largest absolute Gasteiger partial charge is 0.401 e. The van der Waals surface area contributed by atoms with Crippen molar-refractivity contribution >= 4 is 15.9 Å². The molecule has 13 heavy (non-hydrogen) atoms. The van der Waals surface area contributed by atoms with Crippen molar-refractivity contribution in [3.63, 3.8) is 0 Å². The van der Waals surface area contributed by atoms with E-state index in [1.165, 1.54) is 4.90 Å². The van der Waals surface area contributed by atoms with E-state index < -0.39 is 12.7 Å². The van der Waals surface area contributed by atoms with Gasteiger partial charge in [0.05, 0.1) is 6.54 Å². The minimum absolute atomic E-state index is 0.349. The first-order valence-corrected chi connectivity index (χ1v) is 5.08. The predicted molar refractivity (Wildman–Crippen MR) is 51.1 cm³/mol. The normalized spacial score (nSPS) is 13.1. The van der Waals surface area contributed by atoms with Crippen molar-refractivity contribution in [3.05, 3.63) is 12.2 Å². The summed E-state index contributed by atoms with van der Waals surface area (Å²) in [6.45, 7) is 1.70. The molecule has 78 valence electrons. The van der Waals surface area contributed by atoms with Crippen LogP contribution in [0.3, 0.4) is 0 Å². The standard InChI is InChI=1S/C8H13BrF3N/c1-2-3-5-13(6-4-9)7-8(10,11)12/h2-3H,4-7H2,1H3/b3-2+. The van der Waals surface area contributed by atoms with Gasteiger partial charge in [-0.1, -0.05) is 28.1 Å². The first-order chi connectivity index (χ1) is 5.99. The number of halogens is 4. The molecule has 0 fully saturated rings. The van der Waals surface area contributed by atoms with Gasteiger partial charge in [-0.25, -0.2) is 0 Å². The summed E-state index contributed by atoms with van der Waals surface area (Å²) in [6, 6.07) is 0. The minimum atomic E-state index is -4.11. The molecular weight excluding hydrogens is 247 g/mol. The van der Waals surface area contributed by atoms with E-state index in [0.717, 1.165) is 0 Å². The van der Waals surface area contributed by atoms with Gasteiger partial charge in [0.25, 0.3) is 0 Å². The maximum Gasteiger partial charge on any atom is 0.401 e. The molecule has 1 nitrogen and oxygen atoms in total. The summed E-state index contributed by atoms with van der Waals surface area (Å²) in [4.78, 5) is 1.34. The van der Waals surface area contributed by atoms with Crippen molar-refractivity contribution in [2.75, 3.05) is 25.0 Å². The summed E-state index contributed by atoms with van der Waals surface area (Å²) in [6.07, 6.45) is -0.643. The van der Waals surface area contributed by atoms with E-state index in [-0.39, 0.29) is 0 Å². The summed E-state index contributed by atoms with van der Waals surface area (Å²) >= 11 is 3.12. The van der Waals surface area contributed by atoms with Crippen molar-refractivity contribution in [2.45, 2.75) is 13.1 Å². The number of alkyl halides is 4. The molecule has 0 aromatic heterocycles. The van der Waals surface area contributed by atoms with Crippen LogP contribution in [-0.2, 0) is 0 Å². The monoisotopic (exact) mass is 259 g/mol. The average Bonchev–Trinajstić information content (AvgIpc) is 1.98. The van der Waals surface area contributed by atoms with E-state index in [1.807, 2.05) is 0 Å². The maximum atomic E-state index is 12.0. The first kappa shape index (κ1) is 13.0. The number of hydrogen-bond acceptors (Lipinski definition) is 1. The lowest BCUT2D eigenvalue weighted by Crippen LogP contribution is -2.35. The third-order valence-corrected chi connectivity index (χ3v) is 1.76. The lowest BCUT2D eigenvalue weighted by Gasteiger charge is -2.20. The van der Waals surface area contributed by atoms with E-state index in [0.29, 0.717) is 18.4 Å². The van der Waals surface area contributed by atoms with Gasteiger partial charge in [0, 0.05) is 18.4 Å². The number of rotatable bonds is 5. The highest BCUT2D eigenvalue weighted by Gasteiger charge is 2.29. The van der Waals surface area contributed by atoms with Crippen LogP contribution in [0.5, 0.6) is 0 Å². The van der Waals surface area contributed by atoms with Crippen LogP contribution in [-0.4, -0.2) is 36.0 Å². The van der Waals surface area contributed by atoms with E-state index in [2.05, 4.69) is 15.9 Å². The van der Waals surface area contributed by atoms with Crippen molar-refractivity contribution in [1.82, 2.24) is 4.90 Å². The van der Waals surface area contributed by atoms with Gasteiger partial charge >= 0.3 is 6.18 Å². The van der Waals surface area contributed by atoms with Crippen LogP contribution in [0, 0.1) is 0 Å². The Hall–Kier alpha value is -0.0300. The molecule has 0 spiro atoms. The van der Waals surface area contributed by atoms with E-state index in [1.54, 1.807) is 19.1 Å². The van der Waals surface area contributed by atoms with Crippen molar-refractivity contribution < 1.29 is 13.2 Å². The first-order valence-electron chi connectivity index (χ1n) is 3.96. The Labute approximate surface area is 84.7 Å². The molecule has 0 heterocycles. The van der Waals surface area contributed by atoms with Crippen LogP contribution in [0.15, 0.2) is 12.2 Å². The summed E-state index contributed by atoms with van der Waals surface area (Å²) in [7, 11) is 0. The Bertz CT molecular complexity index is 156. The molecule has 0 saturated heterocycles. The fourth-order valence-electron chi connectivity index (χ4n) is 0.862. The molecule has 0 aliphatic heterocycles. The summed E-state index contributed by atoms with van der Waals surface area (Å²) < 4.78 is 35.9. The zero-order chi connectivity index (χ0) is 10.3. The number of allylic oxidation sites excluding steroid dienone is 1. The van der Waals surface area contributed by atoms with E-state index in [4.69, 9.17) is 0 Å². The SMILES string of the molecule is C/C=C/CN(CCBr)CC(F)(F)F. The van der Waals surface area contributed by atoms with Crippen molar-refractivity contribution in [2.24, 2.45) is 0 Å². The fourth-order valence-corrected chi connectivity index (χ4v) is 1.36. The zero-order valence-electron chi connectivity index (χ0n) is 7.44. The fraction of sp³-hybridized carbons (Fsp3) is 0.750. The van der Waals surface area contributed by atoms with Gasteiger partial charge < -0.3 is 0 Å². The highest BCUT2D eigenvalue weighted by atomic mass is 79.9. The molecule has 0 aromatic carbocycles. The molecule has 0 bridgehead atoms. The van der Waals surface area contributed by atoms with Gasteiger partial charge in [0.15, 0.2) is 0 Å². The summed E-state index contributed by atoms with van der Waals surface area (Å²) in [5.41, 5.74) is 0. The molecule has 0 N–H and O–H groups in total. The van der Waals surface area contributed by atoms with Crippen LogP contribution >= 0.6 is 15.9 Å². The Morgan fingerprint density at radius 3 is 2.38 bits per heavy atom. The molecule has 0 amide bonds. The molecule has 5 heteroatoms. The minimum Gasteiger partial charge on any atom is -0.290 e. The van der Waals surface area contributed by atoms with E-state index in [9.17, 15) is 13.2 Å². The lowest BCUT2D eigenvalue weighted by atomic mass is 10.4. The van der Waals surface area contributed by atoms with E-state index >= 15 is 0 Å². The molecule has 0 saturated carbocycles. The molecule has 0 radical (unpaired) electrons. The Morgan fingerprint density at radius 2 is 2.00 bits per heavy atom. The van der Waals surface area contributed by atoms with Gasteiger partial charge in [-0.3, -0.25) is 4.90 Å². The zero-order valence-corrected chi connectivity index (χ0v) is 9.03. The third kappa shape index (κ3) is 8.30. The second-order valence-electron chi connectivity index (χ2n) is 2.61. The smallest absolute Gasteiger partial charge is 0.290 e. The van der Waals surface area contributed by atoms with Crippen LogP contribution in [0.1, 0.15) is 6.92 Å². The van der Waals surface area contributed by atoms with Gasteiger partial charge in [-0.15, -0.1) is 0 Å².